The van der Waals surface area contributed by atoms with Gasteiger partial charge < -0.3 is 9.88 Å². The molecule has 4 heteroatoms. The molecule has 1 aromatic heterocycles. The number of rotatable bonds is 1. The molecule has 1 saturated heterocycles. The number of likely N-dealkylation sites (tertiary alicyclic amines) is 1. The Bertz CT molecular complexity index is 639. The van der Waals surface area contributed by atoms with Crippen LogP contribution < -0.4 is 0 Å². The van der Waals surface area contributed by atoms with Crippen molar-refractivity contribution >= 4 is 28.4 Å². The Morgan fingerprint density at radius 3 is 2.65 bits per heavy atom. The average molecular weight is 291 g/mol. The minimum Gasteiger partial charge on any atom is -0.351 e. The Hall–Kier alpha value is -1.48. The van der Waals surface area contributed by atoms with Gasteiger partial charge in [-0.05, 0) is 42.5 Å². The highest BCUT2D eigenvalue weighted by atomic mass is 35.5. The Balaban J connectivity index is 1.88. The number of carbonyl (C=O) groups is 1. The van der Waals surface area contributed by atoms with E-state index in [0.717, 1.165) is 24.0 Å². The summed E-state index contributed by atoms with van der Waals surface area (Å²) in [5, 5.41) is 1.68. The minimum atomic E-state index is 0.0933. The van der Waals surface area contributed by atoms with Crippen molar-refractivity contribution in [3.05, 3.63) is 35.0 Å². The van der Waals surface area contributed by atoms with Crippen LogP contribution in [-0.2, 0) is 0 Å². The predicted octanol–water partition coefficient (Wildman–Crippen LogP) is 3.94. The lowest BCUT2D eigenvalue weighted by molar-refractivity contribution is 0.0618. The van der Waals surface area contributed by atoms with Gasteiger partial charge in [-0.1, -0.05) is 25.4 Å². The van der Waals surface area contributed by atoms with Gasteiger partial charge in [0, 0.05) is 29.0 Å². The number of nitrogens with zero attached hydrogens (tertiary/aromatic N) is 1. The molecule has 1 amide bonds. The molecule has 1 N–H and O–H groups in total. The largest absolute Gasteiger partial charge is 0.351 e. The average Bonchev–Trinajstić information content (AvgIpc) is 2.79. The van der Waals surface area contributed by atoms with Crippen LogP contribution in [0.15, 0.2) is 24.3 Å². The normalized spacial score (nSPS) is 23.2. The van der Waals surface area contributed by atoms with Crippen LogP contribution in [0.25, 0.3) is 10.9 Å². The maximum absolute atomic E-state index is 12.6. The van der Waals surface area contributed by atoms with Gasteiger partial charge in [0.1, 0.15) is 5.69 Å². The zero-order chi connectivity index (χ0) is 14.3. The molecule has 0 bridgehead atoms. The fourth-order valence-corrected chi connectivity index (χ4v) is 3.40. The summed E-state index contributed by atoms with van der Waals surface area (Å²) >= 11 is 5.99. The van der Waals surface area contributed by atoms with Crippen molar-refractivity contribution in [2.45, 2.75) is 20.3 Å². The molecular formula is C16H19ClN2O. The first kappa shape index (κ1) is 13.5. The van der Waals surface area contributed by atoms with Gasteiger partial charge in [0.05, 0.1) is 0 Å². The number of aromatic nitrogens is 1. The summed E-state index contributed by atoms with van der Waals surface area (Å²) in [5.41, 5.74) is 1.61. The SMILES string of the molecule is CC1CC(C)CN(C(=O)c2cc3cc(Cl)ccc3[nH]2)C1. The second-order valence-electron chi connectivity index (χ2n) is 6.07. The first-order chi connectivity index (χ1) is 9.52. The van der Waals surface area contributed by atoms with Crippen LogP contribution in [-0.4, -0.2) is 28.9 Å². The third-order valence-electron chi connectivity index (χ3n) is 3.97. The standard InChI is InChI=1S/C16H19ClN2O/c1-10-5-11(2)9-19(8-10)16(20)15-7-12-6-13(17)3-4-14(12)18-15/h3-4,6-7,10-11,18H,5,8-9H2,1-2H3. The number of hydrogen-bond acceptors (Lipinski definition) is 1. The maximum Gasteiger partial charge on any atom is 0.270 e. The van der Waals surface area contributed by atoms with Gasteiger partial charge in [-0.3, -0.25) is 4.79 Å². The van der Waals surface area contributed by atoms with Crippen LogP contribution in [0.2, 0.25) is 5.02 Å². The van der Waals surface area contributed by atoms with Crippen molar-refractivity contribution in [1.29, 1.82) is 0 Å². The second-order valence-corrected chi connectivity index (χ2v) is 6.51. The van der Waals surface area contributed by atoms with Gasteiger partial charge >= 0.3 is 0 Å². The van der Waals surface area contributed by atoms with E-state index in [1.807, 2.05) is 29.2 Å². The summed E-state index contributed by atoms with van der Waals surface area (Å²) in [6, 6.07) is 7.52. The highest BCUT2D eigenvalue weighted by Gasteiger charge is 2.26. The van der Waals surface area contributed by atoms with Gasteiger partial charge in [0.15, 0.2) is 0 Å². The number of piperidine rings is 1. The topological polar surface area (TPSA) is 36.1 Å². The molecule has 1 aliphatic heterocycles. The van der Waals surface area contributed by atoms with E-state index in [4.69, 9.17) is 11.6 Å². The lowest BCUT2D eigenvalue weighted by atomic mass is 9.92. The molecule has 20 heavy (non-hydrogen) atoms. The number of H-pyrrole nitrogens is 1. The van der Waals surface area contributed by atoms with Crippen LogP contribution in [0.4, 0.5) is 0 Å². The van der Waals surface area contributed by atoms with Crippen molar-refractivity contribution in [1.82, 2.24) is 9.88 Å². The molecule has 2 unspecified atom stereocenters. The predicted molar refractivity (Wildman–Crippen MR) is 82.2 cm³/mol. The lowest BCUT2D eigenvalue weighted by Crippen LogP contribution is -2.42. The zero-order valence-corrected chi connectivity index (χ0v) is 12.6. The molecule has 0 saturated carbocycles. The summed E-state index contributed by atoms with van der Waals surface area (Å²) in [6.45, 7) is 6.11. The van der Waals surface area contributed by atoms with Gasteiger partial charge in [-0.15, -0.1) is 0 Å². The van der Waals surface area contributed by atoms with Crippen molar-refractivity contribution in [3.8, 4) is 0 Å². The van der Waals surface area contributed by atoms with E-state index in [9.17, 15) is 4.79 Å². The molecule has 1 fully saturated rings. The minimum absolute atomic E-state index is 0.0933. The Labute approximate surface area is 123 Å². The Kier molecular flexibility index (Phi) is 3.47. The van der Waals surface area contributed by atoms with E-state index in [1.54, 1.807) is 0 Å². The number of nitrogens with one attached hydrogen (secondary N) is 1. The lowest BCUT2D eigenvalue weighted by Gasteiger charge is -2.34. The summed E-state index contributed by atoms with van der Waals surface area (Å²) in [6.07, 6.45) is 1.20. The molecule has 2 atom stereocenters. The highest BCUT2D eigenvalue weighted by Crippen LogP contribution is 2.24. The van der Waals surface area contributed by atoms with E-state index >= 15 is 0 Å². The number of halogens is 1. The van der Waals surface area contributed by atoms with Gasteiger partial charge in [-0.25, -0.2) is 0 Å². The van der Waals surface area contributed by atoms with E-state index in [0.29, 0.717) is 22.6 Å². The maximum atomic E-state index is 12.6. The van der Waals surface area contributed by atoms with Crippen LogP contribution >= 0.6 is 11.6 Å². The van der Waals surface area contributed by atoms with Crippen molar-refractivity contribution in [3.63, 3.8) is 0 Å². The fraction of sp³-hybridized carbons (Fsp3) is 0.438. The van der Waals surface area contributed by atoms with Crippen molar-refractivity contribution < 1.29 is 4.79 Å². The third-order valence-corrected chi connectivity index (χ3v) is 4.20. The van der Waals surface area contributed by atoms with Crippen LogP contribution in [0.3, 0.4) is 0 Å². The fourth-order valence-electron chi connectivity index (χ4n) is 3.22. The molecule has 0 aliphatic carbocycles. The molecule has 3 nitrogen and oxygen atoms in total. The summed E-state index contributed by atoms with van der Waals surface area (Å²) in [4.78, 5) is 17.8. The van der Waals surface area contributed by atoms with E-state index < -0.39 is 0 Å². The molecule has 3 rings (SSSR count). The van der Waals surface area contributed by atoms with Crippen LogP contribution in [0.1, 0.15) is 30.8 Å². The number of benzene rings is 1. The number of hydrogen-bond donors (Lipinski definition) is 1. The van der Waals surface area contributed by atoms with E-state index in [1.165, 1.54) is 6.42 Å². The quantitative estimate of drug-likeness (QED) is 0.848. The first-order valence-corrected chi connectivity index (χ1v) is 7.48. The van der Waals surface area contributed by atoms with Crippen molar-refractivity contribution in [2.75, 3.05) is 13.1 Å². The van der Waals surface area contributed by atoms with E-state index in [-0.39, 0.29) is 5.91 Å². The van der Waals surface area contributed by atoms with Crippen molar-refractivity contribution in [2.24, 2.45) is 11.8 Å². The molecule has 1 aromatic carbocycles. The molecule has 106 valence electrons. The summed E-state index contributed by atoms with van der Waals surface area (Å²) in [5.74, 6) is 1.23. The molecule has 0 radical (unpaired) electrons. The monoisotopic (exact) mass is 290 g/mol. The second kappa shape index (κ2) is 5.13. The van der Waals surface area contributed by atoms with Crippen LogP contribution in [0, 0.1) is 11.8 Å². The Morgan fingerprint density at radius 2 is 1.95 bits per heavy atom. The molecule has 2 heterocycles. The van der Waals surface area contributed by atoms with Crippen LogP contribution in [0.5, 0.6) is 0 Å². The number of fused-ring (bicyclic) bond motifs is 1. The highest BCUT2D eigenvalue weighted by molar-refractivity contribution is 6.31. The first-order valence-electron chi connectivity index (χ1n) is 7.10. The van der Waals surface area contributed by atoms with Gasteiger partial charge in [0.2, 0.25) is 0 Å². The number of aromatic amines is 1. The summed E-state index contributed by atoms with van der Waals surface area (Å²) < 4.78 is 0. The number of amides is 1. The zero-order valence-electron chi connectivity index (χ0n) is 11.8. The smallest absolute Gasteiger partial charge is 0.270 e. The van der Waals surface area contributed by atoms with Gasteiger partial charge in [-0.2, -0.15) is 0 Å². The molecule has 0 spiro atoms. The Morgan fingerprint density at radius 1 is 1.25 bits per heavy atom. The molecule has 2 aromatic rings. The van der Waals surface area contributed by atoms with E-state index in [2.05, 4.69) is 18.8 Å². The molecular weight excluding hydrogens is 272 g/mol. The van der Waals surface area contributed by atoms with Gasteiger partial charge in [0.25, 0.3) is 5.91 Å². The summed E-state index contributed by atoms with van der Waals surface area (Å²) in [7, 11) is 0. The number of carbonyl (C=O) groups excluding carboxylic acids is 1. The molecule has 1 aliphatic rings. The third kappa shape index (κ3) is 2.55.